The first kappa shape index (κ1) is 19.7. The Balaban J connectivity index is 1.79. The second kappa shape index (κ2) is 9.17. The molecule has 0 aromatic heterocycles. The molecule has 0 radical (unpaired) electrons. The van der Waals surface area contributed by atoms with Crippen molar-refractivity contribution in [1.82, 2.24) is 5.32 Å². The van der Waals surface area contributed by atoms with Gasteiger partial charge in [-0.05, 0) is 30.2 Å². The molecule has 0 saturated heterocycles. The summed E-state index contributed by atoms with van der Waals surface area (Å²) in [6, 6.07) is 10.6. The van der Waals surface area contributed by atoms with Crippen LogP contribution in [0.4, 0.5) is 5.69 Å². The molecule has 0 aliphatic carbocycles. The third kappa shape index (κ3) is 5.72. The second-order valence-electron chi connectivity index (χ2n) is 5.23. The highest BCUT2D eigenvalue weighted by molar-refractivity contribution is 6.33. The van der Waals surface area contributed by atoms with Gasteiger partial charge >= 0.3 is 5.97 Å². The molecule has 2 rings (SSSR count). The minimum absolute atomic E-state index is 0.0519. The number of benzene rings is 2. The van der Waals surface area contributed by atoms with Gasteiger partial charge in [-0.1, -0.05) is 35.3 Å². The molecule has 0 fully saturated rings. The summed E-state index contributed by atoms with van der Waals surface area (Å²) >= 11 is 11.7. The largest absolute Gasteiger partial charge is 0.452 e. The zero-order valence-electron chi connectivity index (χ0n) is 13.4. The molecule has 0 bridgehead atoms. The van der Waals surface area contributed by atoms with Crippen LogP contribution in [0, 0.1) is 10.1 Å². The van der Waals surface area contributed by atoms with Crippen LogP contribution in [0.15, 0.2) is 42.5 Å². The lowest BCUT2D eigenvalue weighted by atomic mass is 10.1. The number of carbonyl (C=O) groups is 2. The van der Waals surface area contributed by atoms with E-state index in [0.29, 0.717) is 18.0 Å². The van der Waals surface area contributed by atoms with E-state index in [4.69, 9.17) is 27.9 Å². The lowest BCUT2D eigenvalue weighted by Crippen LogP contribution is -2.30. The summed E-state index contributed by atoms with van der Waals surface area (Å²) in [5, 5.41) is 13.7. The van der Waals surface area contributed by atoms with E-state index in [-0.39, 0.29) is 16.3 Å². The van der Waals surface area contributed by atoms with Crippen molar-refractivity contribution >= 4 is 40.8 Å². The molecule has 1 N–H and O–H groups in total. The minimum atomic E-state index is -0.838. The number of halogens is 2. The van der Waals surface area contributed by atoms with Crippen molar-refractivity contribution in [2.75, 3.05) is 13.2 Å². The highest BCUT2D eigenvalue weighted by Gasteiger charge is 2.17. The van der Waals surface area contributed by atoms with E-state index in [9.17, 15) is 19.7 Å². The molecule has 0 unspecified atom stereocenters. The molecule has 0 saturated carbocycles. The number of nitro benzene ring substituents is 1. The lowest BCUT2D eigenvalue weighted by molar-refractivity contribution is -0.384. The summed E-state index contributed by atoms with van der Waals surface area (Å²) in [5.74, 6) is -1.31. The van der Waals surface area contributed by atoms with Crippen molar-refractivity contribution in [3.8, 4) is 0 Å². The van der Waals surface area contributed by atoms with Crippen molar-refractivity contribution in [3.63, 3.8) is 0 Å². The first-order valence-corrected chi connectivity index (χ1v) is 8.24. The molecule has 0 atom stereocenters. The summed E-state index contributed by atoms with van der Waals surface area (Å²) in [5.41, 5.74) is 0.668. The molecule has 2 aromatic rings. The predicted octanol–water partition coefficient (Wildman–Crippen LogP) is 3.42. The quantitative estimate of drug-likeness (QED) is 0.439. The summed E-state index contributed by atoms with van der Waals surface area (Å²) < 4.78 is 4.87. The van der Waals surface area contributed by atoms with Crippen LogP contribution in [-0.2, 0) is 16.0 Å². The van der Waals surface area contributed by atoms with Gasteiger partial charge in [-0.2, -0.15) is 0 Å². The second-order valence-corrected chi connectivity index (χ2v) is 6.07. The number of nitrogens with one attached hydrogen (secondary N) is 1. The van der Waals surface area contributed by atoms with Gasteiger partial charge in [-0.25, -0.2) is 4.79 Å². The van der Waals surface area contributed by atoms with Gasteiger partial charge in [0.25, 0.3) is 11.6 Å². The molecule has 0 spiro atoms. The average Bonchev–Trinajstić information content (AvgIpc) is 2.59. The summed E-state index contributed by atoms with van der Waals surface area (Å²) in [7, 11) is 0. The van der Waals surface area contributed by atoms with Crippen molar-refractivity contribution in [2.24, 2.45) is 0 Å². The SMILES string of the molecule is O=C(COC(=O)c1ccc([N+](=O)[O-])cc1Cl)NCCc1cccc(Cl)c1. The maximum absolute atomic E-state index is 11.9. The number of non-ortho nitro benzene ring substituents is 1. The molecular formula is C17H14Cl2N2O5. The van der Waals surface area contributed by atoms with E-state index in [1.807, 2.05) is 12.1 Å². The molecule has 7 nitrogen and oxygen atoms in total. The van der Waals surface area contributed by atoms with Crippen LogP contribution in [0.2, 0.25) is 10.0 Å². The van der Waals surface area contributed by atoms with Crippen molar-refractivity contribution in [3.05, 3.63) is 73.8 Å². The number of carbonyl (C=O) groups excluding carboxylic acids is 2. The van der Waals surface area contributed by atoms with E-state index in [1.54, 1.807) is 12.1 Å². The van der Waals surface area contributed by atoms with Gasteiger partial charge in [-0.3, -0.25) is 14.9 Å². The van der Waals surface area contributed by atoms with Crippen molar-refractivity contribution in [2.45, 2.75) is 6.42 Å². The standard InChI is InChI=1S/C17H14Cl2N2O5/c18-12-3-1-2-11(8-12)6-7-20-16(22)10-26-17(23)14-5-4-13(21(24)25)9-15(14)19/h1-5,8-9H,6-7,10H2,(H,20,22). The highest BCUT2D eigenvalue weighted by Crippen LogP contribution is 2.23. The van der Waals surface area contributed by atoms with E-state index in [2.05, 4.69) is 5.32 Å². The van der Waals surface area contributed by atoms with Gasteiger partial charge in [0.1, 0.15) is 0 Å². The van der Waals surface area contributed by atoms with Gasteiger partial charge in [0.05, 0.1) is 15.5 Å². The van der Waals surface area contributed by atoms with Gasteiger partial charge < -0.3 is 10.1 Å². The maximum Gasteiger partial charge on any atom is 0.340 e. The first-order valence-electron chi connectivity index (χ1n) is 7.49. The Labute approximate surface area is 159 Å². The van der Waals surface area contributed by atoms with Crippen molar-refractivity contribution < 1.29 is 19.2 Å². The number of rotatable bonds is 7. The van der Waals surface area contributed by atoms with Crippen LogP contribution >= 0.6 is 23.2 Å². The number of nitro groups is 1. The average molecular weight is 397 g/mol. The van der Waals surface area contributed by atoms with Crippen molar-refractivity contribution in [1.29, 1.82) is 0 Å². The molecule has 0 aliphatic rings. The Bertz CT molecular complexity index is 842. The Hall–Kier alpha value is -2.64. The van der Waals surface area contributed by atoms with Crippen LogP contribution in [0.1, 0.15) is 15.9 Å². The van der Waals surface area contributed by atoms with Crippen LogP contribution in [0.3, 0.4) is 0 Å². The normalized spacial score (nSPS) is 10.2. The van der Waals surface area contributed by atoms with Crippen LogP contribution in [0.25, 0.3) is 0 Å². The van der Waals surface area contributed by atoms with Gasteiger partial charge in [0.15, 0.2) is 6.61 Å². The Morgan fingerprint density at radius 3 is 2.58 bits per heavy atom. The lowest BCUT2D eigenvalue weighted by Gasteiger charge is -2.08. The number of esters is 1. The number of amides is 1. The zero-order valence-corrected chi connectivity index (χ0v) is 14.9. The Kier molecular flexibility index (Phi) is 6.94. The third-order valence-electron chi connectivity index (χ3n) is 3.34. The minimum Gasteiger partial charge on any atom is -0.452 e. The Morgan fingerprint density at radius 1 is 1.15 bits per heavy atom. The Morgan fingerprint density at radius 2 is 1.92 bits per heavy atom. The highest BCUT2D eigenvalue weighted by atomic mass is 35.5. The predicted molar refractivity (Wildman–Crippen MR) is 96.6 cm³/mol. The van der Waals surface area contributed by atoms with E-state index in [0.717, 1.165) is 17.7 Å². The van der Waals surface area contributed by atoms with Gasteiger partial charge in [0.2, 0.25) is 0 Å². The molecule has 0 heterocycles. The summed E-state index contributed by atoms with van der Waals surface area (Å²) in [4.78, 5) is 33.7. The fourth-order valence-electron chi connectivity index (χ4n) is 2.08. The molecule has 26 heavy (non-hydrogen) atoms. The number of hydrogen-bond acceptors (Lipinski definition) is 5. The van der Waals surface area contributed by atoms with Crippen LogP contribution in [0.5, 0.6) is 0 Å². The number of nitrogens with zero attached hydrogens (tertiary/aromatic N) is 1. The summed E-state index contributed by atoms with van der Waals surface area (Å²) in [6.45, 7) is -0.128. The number of hydrogen-bond donors (Lipinski definition) is 1. The maximum atomic E-state index is 11.9. The fourth-order valence-corrected chi connectivity index (χ4v) is 2.55. The molecule has 1 amide bonds. The van der Waals surface area contributed by atoms with E-state index < -0.39 is 23.4 Å². The zero-order chi connectivity index (χ0) is 19.1. The molecular weight excluding hydrogens is 383 g/mol. The summed E-state index contributed by atoms with van der Waals surface area (Å²) in [6.07, 6.45) is 0.578. The number of ether oxygens (including phenoxy) is 1. The monoisotopic (exact) mass is 396 g/mol. The molecule has 2 aromatic carbocycles. The topological polar surface area (TPSA) is 98.5 Å². The molecule has 136 valence electrons. The molecule has 9 heteroatoms. The van der Waals surface area contributed by atoms with E-state index >= 15 is 0 Å². The smallest absolute Gasteiger partial charge is 0.340 e. The van der Waals surface area contributed by atoms with Crippen LogP contribution in [-0.4, -0.2) is 30.0 Å². The van der Waals surface area contributed by atoms with Gasteiger partial charge in [0, 0.05) is 23.7 Å². The van der Waals surface area contributed by atoms with Gasteiger partial charge in [-0.15, -0.1) is 0 Å². The molecule has 0 aliphatic heterocycles. The van der Waals surface area contributed by atoms with Crippen LogP contribution < -0.4 is 5.32 Å². The third-order valence-corrected chi connectivity index (χ3v) is 3.89. The fraction of sp³-hybridized carbons (Fsp3) is 0.176. The van der Waals surface area contributed by atoms with E-state index in [1.165, 1.54) is 6.07 Å². The first-order chi connectivity index (χ1) is 12.4.